The Morgan fingerprint density at radius 1 is 1.37 bits per heavy atom. The summed E-state index contributed by atoms with van der Waals surface area (Å²) >= 11 is 0. The van der Waals surface area contributed by atoms with Crippen LogP contribution < -0.4 is 10.1 Å². The van der Waals surface area contributed by atoms with E-state index in [9.17, 15) is 10.1 Å². The van der Waals surface area contributed by atoms with Gasteiger partial charge < -0.3 is 10.1 Å². The molecule has 0 aromatic heterocycles. The largest absolute Gasteiger partial charge is 0.494 e. The Morgan fingerprint density at radius 2 is 2.11 bits per heavy atom. The molecule has 0 amide bonds. The average molecular weight is 266 g/mol. The van der Waals surface area contributed by atoms with E-state index in [0.29, 0.717) is 12.4 Å². The molecule has 1 rings (SSSR count). The lowest BCUT2D eigenvalue weighted by Crippen LogP contribution is -2.15. The van der Waals surface area contributed by atoms with Gasteiger partial charge in [-0.05, 0) is 20.3 Å². The maximum absolute atomic E-state index is 10.9. The van der Waals surface area contributed by atoms with Crippen molar-refractivity contribution in [2.45, 2.75) is 46.1 Å². The third-order valence-corrected chi connectivity index (χ3v) is 2.82. The number of hydrogen-bond acceptors (Lipinski definition) is 4. The van der Waals surface area contributed by atoms with Gasteiger partial charge in [0.2, 0.25) is 0 Å². The highest BCUT2D eigenvalue weighted by Crippen LogP contribution is 2.26. The van der Waals surface area contributed by atoms with E-state index in [0.717, 1.165) is 24.9 Å². The molecule has 1 aromatic rings. The molecule has 0 saturated heterocycles. The fourth-order valence-electron chi connectivity index (χ4n) is 1.89. The summed E-state index contributed by atoms with van der Waals surface area (Å²) in [6.07, 6.45) is 3.33. The second-order valence-electron chi connectivity index (χ2n) is 4.59. The number of nitro benzene ring substituents is 1. The number of nitro groups is 1. The van der Waals surface area contributed by atoms with Crippen LogP contribution in [0.2, 0.25) is 0 Å². The topological polar surface area (TPSA) is 64.4 Å². The molecule has 0 fully saturated rings. The number of benzene rings is 1. The van der Waals surface area contributed by atoms with Gasteiger partial charge in [0.1, 0.15) is 5.75 Å². The predicted octanol–water partition coefficient (Wildman–Crippen LogP) is 3.98. The third kappa shape index (κ3) is 5.16. The zero-order valence-electron chi connectivity index (χ0n) is 11.8. The van der Waals surface area contributed by atoms with Crippen molar-refractivity contribution in [3.63, 3.8) is 0 Å². The van der Waals surface area contributed by atoms with Crippen molar-refractivity contribution in [2.24, 2.45) is 0 Å². The van der Waals surface area contributed by atoms with Crippen molar-refractivity contribution in [1.29, 1.82) is 0 Å². The van der Waals surface area contributed by atoms with Gasteiger partial charge in [0.05, 0.1) is 17.6 Å². The maximum atomic E-state index is 10.9. The molecule has 0 radical (unpaired) electrons. The summed E-state index contributed by atoms with van der Waals surface area (Å²) in [5, 5.41) is 14.2. The van der Waals surface area contributed by atoms with E-state index in [-0.39, 0.29) is 11.7 Å². The number of ether oxygens (including phenoxy) is 1. The summed E-state index contributed by atoms with van der Waals surface area (Å²) in [5.74, 6) is 0.530. The normalized spacial score (nSPS) is 11.9. The molecule has 0 saturated carbocycles. The minimum Gasteiger partial charge on any atom is -0.494 e. The van der Waals surface area contributed by atoms with Gasteiger partial charge in [-0.15, -0.1) is 0 Å². The summed E-state index contributed by atoms with van der Waals surface area (Å²) in [6.45, 7) is 6.57. The Kier molecular flexibility index (Phi) is 6.12. The SMILES string of the molecule is CCCCC(C)Nc1cc(OCC)cc([N+](=O)[O-])c1. The first-order chi connectivity index (χ1) is 9.06. The first kappa shape index (κ1) is 15.3. The van der Waals surface area contributed by atoms with E-state index in [4.69, 9.17) is 4.74 Å². The Labute approximate surface area is 114 Å². The van der Waals surface area contributed by atoms with E-state index in [1.165, 1.54) is 6.07 Å². The molecule has 0 bridgehead atoms. The molecule has 1 unspecified atom stereocenters. The number of unbranched alkanes of at least 4 members (excludes halogenated alkanes) is 1. The highest BCUT2D eigenvalue weighted by molar-refractivity contribution is 5.56. The molecule has 0 heterocycles. The molecule has 1 N–H and O–H groups in total. The molecule has 0 aliphatic carbocycles. The molecule has 0 spiro atoms. The second-order valence-corrected chi connectivity index (χ2v) is 4.59. The molecule has 0 aliphatic rings. The number of nitrogens with one attached hydrogen (secondary N) is 1. The van der Waals surface area contributed by atoms with Crippen LogP contribution in [0.1, 0.15) is 40.0 Å². The molecule has 106 valence electrons. The van der Waals surface area contributed by atoms with Crippen LogP contribution in [0.5, 0.6) is 5.75 Å². The standard InChI is InChI=1S/C14H22N2O3/c1-4-6-7-11(3)15-12-8-13(16(17)18)10-14(9-12)19-5-2/h8-11,15H,4-7H2,1-3H3. The van der Waals surface area contributed by atoms with Crippen molar-refractivity contribution in [3.8, 4) is 5.75 Å². The molecular formula is C14H22N2O3. The zero-order valence-corrected chi connectivity index (χ0v) is 11.8. The minimum absolute atomic E-state index is 0.0520. The van der Waals surface area contributed by atoms with Gasteiger partial charge in [-0.3, -0.25) is 10.1 Å². The molecule has 0 aliphatic heterocycles. The van der Waals surface area contributed by atoms with E-state index in [1.807, 2.05) is 6.92 Å². The molecule has 1 aromatic carbocycles. The van der Waals surface area contributed by atoms with E-state index < -0.39 is 4.92 Å². The van der Waals surface area contributed by atoms with Crippen LogP contribution in [-0.4, -0.2) is 17.6 Å². The predicted molar refractivity (Wildman–Crippen MR) is 76.9 cm³/mol. The molecule has 5 heteroatoms. The van der Waals surface area contributed by atoms with E-state index in [2.05, 4.69) is 19.2 Å². The molecule has 5 nitrogen and oxygen atoms in total. The molecular weight excluding hydrogens is 244 g/mol. The summed E-state index contributed by atoms with van der Waals surface area (Å²) in [4.78, 5) is 10.5. The van der Waals surface area contributed by atoms with E-state index >= 15 is 0 Å². The number of non-ortho nitro benzene ring substituents is 1. The number of rotatable bonds is 8. The van der Waals surface area contributed by atoms with Crippen LogP contribution in [0, 0.1) is 10.1 Å². The number of nitrogens with zero attached hydrogens (tertiary/aromatic N) is 1. The van der Waals surface area contributed by atoms with Crippen molar-refractivity contribution in [3.05, 3.63) is 28.3 Å². The first-order valence-electron chi connectivity index (χ1n) is 6.75. The van der Waals surface area contributed by atoms with Crippen molar-refractivity contribution in [2.75, 3.05) is 11.9 Å². The summed E-state index contributed by atoms with van der Waals surface area (Å²) in [7, 11) is 0. The summed E-state index contributed by atoms with van der Waals surface area (Å²) in [5.41, 5.74) is 0.789. The summed E-state index contributed by atoms with van der Waals surface area (Å²) in [6, 6.07) is 5.09. The van der Waals surface area contributed by atoms with Gasteiger partial charge in [-0.2, -0.15) is 0 Å². The van der Waals surface area contributed by atoms with Crippen LogP contribution in [0.15, 0.2) is 18.2 Å². The first-order valence-corrected chi connectivity index (χ1v) is 6.75. The highest BCUT2D eigenvalue weighted by Gasteiger charge is 2.11. The van der Waals surface area contributed by atoms with Gasteiger partial charge in [-0.25, -0.2) is 0 Å². The molecule has 19 heavy (non-hydrogen) atoms. The van der Waals surface area contributed by atoms with Gasteiger partial charge >= 0.3 is 0 Å². The number of hydrogen-bond donors (Lipinski definition) is 1. The average Bonchev–Trinajstić information content (AvgIpc) is 2.36. The van der Waals surface area contributed by atoms with Crippen molar-refractivity contribution >= 4 is 11.4 Å². The zero-order chi connectivity index (χ0) is 14.3. The van der Waals surface area contributed by atoms with Crippen LogP contribution >= 0.6 is 0 Å². The van der Waals surface area contributed by atoms with Crippen LogP contribution in [0.4, 0.5) is 11.4 Å². The second kappa shape index (κ2) is 7.61. The maximum Gasteiger partial charge on any atom is 0.275 e. The Hall–Kier alpha value is -1.78. The quantitative estimate of drug-likeness (QED) is 0.571. The number of anilines is 1. The lowest BCUT2D eigenvalue weighted by atomic mass is 10.1. The summed E-state index contributed by atoms with van der Waals surface area (Å²) < 4.78 is 5.36. The van der Waals surface area contributed by atoms with Crippen LogP contribution in [-0.2, 0) is 0 Å². The van der Waals surface area contributed by atoms with Gasteiger partial charge in [0.25, 0.3) is 5.69 Å². The lowest BCUT2D eigenvalue weighted by molar-refractivity contribution is -0.384. The monoisotopic (exact) mass is 266 g/mol. The fraction of sp³-hybridized carbons (Fsp3) is 0.571. The van der Waals surface area contributed by atoms with Crippen molar-refractivity contribution in [1.82, 2.24) is 0 Å². The Balaban J connectivity index is 2.83. The van der Waals surface area contributed by atoms with Gasteiger partial charge in [0, 0.05) is 23.9 Å². The lowest BCUT2D eigenvalue weighted by Gasteiger charge is -2.15. The van der Waals surface area contributed by atoms with Gasteiger partial charge in [-0.1, -0.05) is 19.8 Å². The minimum atomic E-state index is -0.398. The van der Waals surface area contributed by atoms with Crippen LogP contribution in [0.3, 0.4) is 0 Å². The van der Waals surface area contributed by atoms with Crippen molar-refractivity contribution < 1.29 is 9.66 Å². The van der Waals surface area contributed by atoms with E-state index in [1.54, 1.807) is 12.1 Å². The van der Waals surface area contributed by atoms with Gasteiger partial charge in [0.15, 0.2) is 0 Å². The Bertz CT molecular complexity index is 421. The third-order valence-electron chi connectivity index (χ3n) is 2.82. The van der Waals surface area contributed by atoms with Crippen LogP contribution in [0.25, 0.3) is 0 Å². The Morgan fingerprint density at radius 3 is 2.68 bits per heavy atom. The molecule has 1 atom stereocenters. The highest BCUT2D eigenvalue weighted by atomic mass is 16.6. The fourth-order valence-corrected chi connectivity index (χ4v) is 1.89. The smallest absolute Gasteiger partial charge is 0.275 e.